The second kappa shape index (κ2) is 2.55. The molecule has 4 fully saturated rings. The standard InChI is InChI=1S/C11H16O4/c1-9-6-10(7-9,8(12)13)11(15-9)2-4-14-5-3-11/h2-7H2,1H3,(H,12,13). The summed E-state index contributed by atoms with van der Waals surface area (Å²) >= 11 is 0. The van der Waals surface area contributed by atoms with E-state index in [1.54, 1.807) is 0 Å². The molecule has 0 atom stereocenters. The lowest BCUT2D eigenvalue weighted by Crippen LogP contribution is -2.55. The molecule has 84 valence electrons. The van der Waals surface area contributed by atoms with Gasteiger partial charge in [-0.1, -0.05) is 0 Å². The maximum absolute atomic E-state index is 11.5. The molecule has 4 heteroatoms. The third kappa shape index (κ3) is 0.967. The minimum Gasteiger partial charge on any atom is -0.481 e. The van der Waals surface area contributed by atoms with E-state index in [4.69, 9.17) is 9.47 Å². The molecule has 0 amide bonds. The Morgan fingerprint density at radius 2 is 1.87 bits per heavy atom. The molecular formula is C11H16O4. The highest BCUT2D eigenvalue weighted by atomic mass is 16.6. The van der Waals surface area contributed by atoms with Crippen LogP contribution in [0.2, 0.25) is 0 Å². The molecule has 3 aliphatic heterocycles. The van der Waals surface area contributed by atoms with Gasteiger partial charge in [-0.25, -0.2) is 0 Å². The molecule has 0 aromatic rings. The van der Waals surface area contributed by atoms with E-state index in [2.05, 4.69) is 0 Å². The Hall–Kier alpha value is -0.610. The highest BCUT2D eigenvalue weighted by Crippen LogP contribution is 2.69. The Kier molecular flexibility index (Phi) is 1.63. The molecule has 15 heavy (non-hydrogen) atoms. The van der Waals surface area contributed by atoms with E-state index >= 15 is 0 Å². The lowest BCUT2D eigenvalue weighted by atomic mass is 9.55. The highest BCUT2D eigenvalue weighted by molar-refractivity contribution is 5.79. The van der Waals surface area contributed by atoms with Crippen molar-refractivity contribution in [1.29, 1.82) is 0 Å². The number of carbonyl (C=O) groups is 1. The van der Waals surface area contributed by atoms with Crippen molar-refractivity contribution in [2.75, 3.05) is 13.2 Å². The molecule has 1 saturated carbocycles. The van der Waals surface area contributed by atoms with Gasteiger partial charge in [0.2, 0.25) is 0 Å². The molecule has 4 rings (SSSR count). The monoisotopic (exact) mass is 212 g/mol. The molecule has 0 aromatic heterocycles. The van der Waals surface area contributed by atoms with Crippen molar-refractivity contribution in [3.05, 3.63) is 0 Å². The predicted molar refractivity (Wildman–Crippen MR) is 51.6 cm³/mol. The van der Waals surface area contributed by atoms with Crippen LogP contribution in [0.15, 0.2) is 0 Å². The summed E-state index contributed by atoms with van der Waals surface area (Å²) < 4.78 is 11.4. The lowest BCUT2D eigenvalue weighted by Gasteiger charge is -2.44. The second-order valence-corrected chi connectivity index (χ2v) is 5.40. The van der Waals surface area contributed by atoms with Crippen LogP contribution in [0.4, 0.5) is 0 Å². The van der Waals surface area contributed by atoms with Gasteiger partial charge < -0.3 is 14.6 Å². The van der Waals surface area contributed by atoms with E-state index < -0.39 is 17.0 Å². The van der Waals surface area contributed by atoms with E-state index in [1.165, 1.54) is 0 Å². The molecule has 4 nitrogen and oxygen atoms in total. The number of hydrogen-bond donors (Lipinski definition) is 1. The minimum atomic E-state index is -0.681. The number of carboxylic acids is 1. The zero-order valence-corrected chi connectivity index (χ0v) is 8.91. The average Bonchev–Trinajstić information content (AvgIpc) is 2.50. The van der Waals surface area contributed by atoms with Gasteiger partial charge in [0.15, 0.2) is 0 Å². The summed E-state index contributed by atoms with van der Waals surface area (Å²) in [5.41, 5.74) is -1.24. The first kappa shape index (κ1) is 9.60. The van der Waals surface area contributed by atoms with Crippen molar-refractivity contribution in [2.24, 2.45) is 5.41 Å². The molecule has 3 heterocycles. The van der Waals surface area contributed by atoms with Crippen LogP contribution in [0.1, 0.15) is 32.6 Å². The summed E-state index contributed by atoms with van der Waals surface area (Å²) in [7, 11) is 0. The molecule has 3 saturated heterocycles. The van der Waals surface area contributed by atoms with Crippen molar-refractivity contribution < 1.29 is 19.4 Å². The van der Waals surface area contributed by atoms with Crippen LogP contribution in [0.25, 0.3) is 0 Å². The topological polar surface area (TPSA) is 55.8 Å². The Labute approximate surface area is 88.6 Å². The van der Waals surface area contributed by atoms with Crippen molar-refractivity contribution in [1.82, 2.24) is 0 Å². The van der Waals surface area contributed by atoms with Gasteiger partial charge in [0.1, 0.15) is 5.41 Å². The molecule has 2 bridgehead atoms. The Bertz CT molecular complexity index is 311. The number of carboxylic acid groups (broad SMARTS) is 1. The van der Waals surface area contributed by atoms with Crippen LogP contribution in [0.5, 0.6) is 0 Å². The largest absolute Gasteiger partial charge is 0.481 e. The maximum Gasteiger partial charge on any atom is 0.312 e. The third-order valence-electron chi connectivity index (χ3n) is 4.38. The predicted octanol–water partition coefficient (Wildman–Crippen LogP) is 1.19. The first-order chi connectivity index (χ1) is 7.02. The van der Waals surface area contributed by atoms with Gasteiger partial charge in [0.25, 0.3) is 0 Å². The van der Waals surface area contributed by atoms with E-state index in [-0.39, 0.29) is 5.60 Å². The van der Waals surface area contributed by atoms with Gasteiger partial charge in [0.05, 0.1) is 11.2 Å². The van der Waals surface area contributed by atoms with Crippen molar-refractivity contribution in [3.8, 4) is 0 Å². The summed E-state index contributed by atoms with van der Waals surface area (Å²) in [6.07, 6.45) is 2.81. The first-order valence-electron chi connectivity index (χ1n) is 5.53. The number of hydrogen-bond acceptors (Lipinski definition) is 3. The van der Waals surface area contributed by atoms with Crippen molar-refractivity contribution in [3.63, 3.8) is 0 Å². The zero-order chi connectivity index (χ0) is 10.7. The van der Waals surface area contributed by atoms with Gasteiger partial charge in [-0.3, -0.25) is 4.79 Å². The molecule has 1 aliphatic carbocycles. The van der Waals surface area contributed by atoms with Crippen LogP contribution in [0.3, 0.4) is 0 Å². The van der Waals surface area contributed by atoms with Gasteiger partial charge in [-0.05, 0) is 19.8 Å². The van der Waals surface area contributed by atoms with Crippen LogP contribution >= 0.6 is 0 Å². The third-order valence-corrected chi connectivity index (χ3v) is 4.38. The van der Waals surface area contributed by atoms with Gasteiger partial charge in [-0.2, -0.15) is 0 Å². The Balaban J connectivity index is 1.98. The normalized spacial score (nSPS) is 46.5. The van der Waals surface area contributed by atoms with E-state index in [0.29, 0.717) is 26.1 Å². The highest BCUT2D eigenvalue weighted by Gasteiger charge is 2.76. The molecular weight excluding hydrogens is 196 g/mol. The van der Waals surface area contributed by atoms with Crippen molar-refractivity contribution in [2.45, 2.75) is 43.8 Å². The quantitative estimate of drug-likeness (QED) is 0.709. The van der Waals surface area contributed by atoms with Crippen molar-refractivity contribution >= 4 is 5.97 Å². The lowest BCUT2D eigenvalue weighted by molar-refractivity contribution is -0.163. The first-order valence-corrected chi connectivity index (χ1v) is 5.53. The Morgan fingerprint density at radius 1 is 1.27 bits per heavy atom. The Morgan fingerprint density at radius 3 is 2.40 bits per heavy atom. The van der Waals surface area contributed by atoms with Gasteiger partial charge in [-0.15, -0.1) is 0 Å². The number of ether oxygens (including phenoxy) is 2. The fraction of sp³-hybridized carbons (Fsp3) is 0.909. The second-order valence-electron chi connectivity index (χ2n) is 5.40. The molecule has 0 unspecified atom stereocenters. The number of aliphatic carboxylic acids is 1. The fourth-order valence-electron chi connectivity index (χ4n) is 3.82. The molecule has 1 spiro atoms. The van der Waals surface area contributed by atoms with E-state index in [1.807, 2.05) is 6.92 Å². The molecule has 1 N–H and O–H groups in total. The van der Waals surface area contributed by atoms with E-state index in [9.17, 15) is 9.90 Å². The van der Waals surface area contributed by atoms with Crippen LogP contribution in [0, 0.1) is 5.41 Å². The summed E-state index contributed by atoms with van der Waals surface area (Å²) in [6.45, 7) is 3.29. The van der Waals surface area contributed by atoms with Gasteiger partial charge in [0, 0.05) is 26.1 Å². The summed E-state index contributed by atoms with van der Waals surface area (Å²) in [4.78, 5) is 11.5. The van der Waals surface area contributed by atoms with Crippen LogP contribution in [-0.2, 0) is 14.3 Å². The molecule has 0 radical (unpaired) electrons. The average molecular weight is 212 g/mol. The summed E-state index contributed by atoms with van der Waals surface area (Å²) in [6, 6.07) is 0. The smallest absolute Gasteiger partial charge is 0.312 e. The van der Waals surface area contributed by atoms with Crippen LogP contribution < -0.4 is 0 Å². The molecule has 4 aliphatic rings. The summed E-state index contributed by atoms with van der Waals surface area (Å²) in [5, 5.41) is 9.42. The van der Waals surface area contributed by atoms with Gasteiger partial charge >= 0.3 is 5.97 Å². The van der Waals surface area contributed by atoms with E-state index in [0.717, 1.165) is 12.8 Å². The van der Waals surface area contributed by atoms with Crippen LogP contribution in [-0.4, -0.2) is 35.5 Å². The number of rotatable bonds is 1. The minimum absolute atomic E-state index is 0.185. The molecule has 0 aromatic carbocycles. The fourth-order valence-corrected chi connectivity index (χ4v) is 3.82. The maximum atomic E-state index is 11.5. The zero-order valence-electron chi connectivity index (χ0n) is 8.91. The SMILES string of the molecule is CC12CC(C(=O)O)(C1)C1(CCOCC1)O2. The summed E-state index contributed by atoms with van der Waals surface area (Å²) in [5.74, 6) is -0.681.